The van der Waals surface area contributed by atoms with Crippen LogP contribution in [0.2, 0.25) is 0 Å². The van der Waals surface area contributed by atoms with Crippen molar-refractivity contribution in [2.24, 2.45) is 5.92 Å². The highest BCUT2D eigenvalue weighted by atomic mass is 16.1. The SMILES string of the molecule is CC.O=CC1CCNC2=C1CCCC2=O. The molecule has 0 spiro atoms. The molecule has 2 rings (SSSR count). The van der Waals surface area contributed by atoms with E-state index >= 15 is 0 Å². The van der Waals surface area contributed by atoms with Gasteiger partial charge in [-0.3, -0.25) is 4.79 Å². The molecule has 0 aromatic carbocycles. The highest BCUT2D eigenvalue weighted by molar-refractivity contribution is 5.97. The maximum absolute atomic E-state index is 11.5. The lowest BCUT2D eigenvalue weighted by atomic mass is 9.83. The monoisotopic (exact) mass is 209 g/mol. The number of ketones is 1. The Balaban J connectivity index is 0.000000531. The van der Waals surface area contributed by atoms with Gasteiger partial charge in [0.1, 0.15) is 6.29 Å². The number of carbonyl (C=O) groups excluding carboxylic acids is 2. The zero-order chi connectivity index (χ0) is 11.3. The molecule has 3 heteroatoms. The molecule has 1 heterocycles. The van der Waals surface area contributed by atoms with Crippen molar-refractivity contribution in [1.82, 2.24) is 5.32 Å². The summed E-state index contributed by atoms with van der Waals surface area (Å²) in [5, 5.41) is 3.11. The van der Waals surface area contributed by atoms with Crippen LogP contribution in [0, 0.1) is 5.92 Å². The van der Waals surface area contributed by atoms with Crippen LogP contribution in [0.1, 0.15) is 39.5 Å². The highest BCUT2D eigenvalue weighted by Crippen LogP contribution is 2.30. The van der Waals surface area contributed by atoms with E-state index in [1.54, 1.807) is 0 Å². The summed E-state index contributed by atoms with van der Waals surface area (Å²) >= 11 is 0. The summed E-state index contributed by atoms with van der Waals surface area (Å²) in [5.74, 6) is 0.188. The fourth-order valence-electron chi connectivity index (χ4n) is 2.13. The Morgan fingerprint density at radius 2 is 2.07 bits per heavy atom. The first-order valence-electron chi connectivity index (χ1n) is 5.78. The van der Waals surface area contributed by atoms with Crippen LogP contribution in [0.15, 0.2) is 11.3 Å². The topological polar surface area (TPSA) is 46.2 Å². The lowest BCUT2D eigenvalue weighted by Gasteiger charge is -2.28. The predicted octanol–water partition coefficient (Wildman–Crippen LogP) is 1.83. The van der Waals surface area contributed by atoms with E-state index in [-0.39, 0.29) is 11.7 Å². The second-order valence-corrected chi connectivity index (χ2v) is 3.63. The Labute approximate surface area is 90.9 Å². The van der Waals surface area contributed by atoms with Crippen molar-refractivity contribution in [3.8, 4) is 0 Å². The molecule has 1 aliphatic carbocycles. The third-order valence-electron chi connectivity index (χ3n) is 2.82. The Morgan fingerprint density at radius 3 is 2.73 bits per heavy atom. The number of aldehydes is 1. The summed E-state index contributed by atoms with van der Waals surface area (Å²) in [5.41, 5.74) is 1.80. The summed E-state index contributed by atoms with van der Waals surface area (Å²) in [6, 6.07) is 0. The highest BCUT2D eigenvalue weighted by Gasteiger charge is 2.28. The van der Waals surface area contributed by atoms with Crippen LogP contribution in [0.25, 0.3) is 0 Å². The van der Waals surface area contributed by atoms with Gasteiger partial charge in [0.05, 0.1) is 5.70 Å². The summed E-state index contributed by atoms with van der Waals surface area (Å²) in [6.45, 7) is 4.76. The van der Waals surface area contributed by atoms with Crippen molar-refractivity contribution in [3.05, 3.63) is 11.3 Å². The van der Waals surface area contributed by atoms with Crippen molar-refractivity contribution >= 4 is 12.1 Å². The van der Waals surface area contributed by atoms with Crippen LogP contribution >= 0.6 is 0 Å². The van der Waals surface area contributed by atoms with Crippen molar-refractivity contribution in [3.63, 3.8) is 0 Å². The van der Waals surface area contributed by atoms with Crippen LogP contribution in [0.5, 0.6) is 0 Å². The van der Waals surface area contributed by atoms with Gasteiger partial charge in [0, 0.05) is 18.9 Å². The molecule has 2 aliphatic rings. The number of hydrogen-bond donors (Lipinski definition) is 1. The fraction of sp³-hybridized carbons (Fsp3) is 0.667. The summed E-state index contributed by atoms with van der Waals surface area (Å²) in [4.78, 5) is 22.2. The number of nitrogens with one attached hydrogen (secondary N) is 1. The van der Waals surface area contributed by atoms with E-state index in [0.29, 0.717) is 6.42 Å². The van der Waals surface area contributed by atoms with Crippen LogP contribution in [0.4, 0.5) is 0 Å². The number of hydrogen-bond acceptors (Lipinski definition) is 3. The molecule has 1 aliphatic heterocycles. The quantitative estimate of drug-likeness (QED) is 0.670. The molecule has 0 bridgehead atoms. The second kappa shape index (κ2) is 5.69. The third kappa shape index (κ3) is 2.46. The van der Waals surface area contributed by atoms with Crippen LogP contribution < -0.4 is 5.32 Å². The lowest BCUT2D eigenvalue weighted by molar-refractivity contribution is -0.116. The minimum absolute atomic E-state index is 0.000463. The molecule has 0 aromatic rings. The minimum Gasteiger partial charge on any atom is -0.382 e. The molecule has 0 saturated carbocycles. The Hall–Kier alpha value is -1.12. The fourth-order valence-corrected chi connectivity index (χ4v) is 2.13. The van der Waals surface area contributed by atoms with Gasteiger partial charge in [-0.05, 0) is 24.8 Å². The van der Waals surface area contributed by atoms with E-state index in [0.717, 1.165) is 43.4 Å². The molecule has 84 valence electrons. The summed E-state index contributed by atoms with van der Waals surface area (Å²) in [7, 11) is 0. The Morgan fingerprint density at radius 1 is 1.33 bits per heavy atom. The molecule has 0 fully saturated rings. The van der Waals surface area contributed by atoms with Crippen molar-refractivity contribution in [1.29, 1.82) is 0 Å². The first kappa shape index (κ1) is 12.0. The lowest BCUT2D eigenvalue weighted by Crippen LogP contribution is -2.34. The number of allylic oxidation sites excluding steroid dienone is 2. The average molecular weight is 209 g/mol. The molecular weight excluding hydrogens is 190 g/mol. The molecule has 3 nitrogen and oxygen atoms in total. The summed E-state index contributed by atoms with van der Waals surface area (Å²) < 4.78 is 0. The predicted molar refractivity (Wildman–Crippen MR) is 59.4 cm³/mol. The van der Waals surface area contributed by atoms with Gasteiger partial charge in [-0.15, -0.1) is 0 Å². The van der Waals surface area contributed by atoms with Gasteiger partial charge in [0.25, 0.3) is 0 Å². The summed E-state index contributed by atoms with van der Waals surface area (Å²) in [6.07, 6.45) is 4.28. The first-order valence-corrected chi connectivity index (χ1v) is 5.78. The van der Waals surface area contributed by atoms with Crippen LogP contribution in [-0.2, 0) is 9.59 Å². The van der Waals surface area contributed by atoms with Gasteiger partial charge in [-0.2, -0.15) is 0 Å². The standard InChI is InChI=1S/C10H13NO2.C2H6/c12-6-7-4-5-11-10-8(7)2-1-3-9(10)13;1-2/h6-7,11H,1-5H2;1-2H3. The molecule has 15 heavy (non-hydrogen) atoms. The van der Waals surface area contributed by atoms with Gasteiger partial charge < -0.3 is 10.1 Å². The number of Topliss-reactive ketones (excluding diaryl/α,β-unsaturated/α-hetero) is 1. The van der Waals surface area contributed by atoms with E-state index in [9.17, 15) is 9.59 Å². The first-order chi connectivity index (χ1) is 7.33. The van der Waals surface area contributed by atoms with Crippen molar-refractivity contribution < 1.29 is 9.59 Å². The number of rotatable bonds is 1. The molecule has 0 saturated heterocycles. The Bertz CT molecular complexity index is 281. The number of carbonyl (C=O) groups is 2. The van der Waals surface area contributed by atoms with Crippen molar-refractivity contribution in [2.45, 2.75) is 39.5 Å². The van der Waals surface area contributed by atoms with Crippen LogP contribution in [0.3, 0.4) is 0 Å². The maximum Gasteiger partial charge on any atom is 0.178 e. The van der Waals surface area contributed by atoms with Gasteiger partial charge in [0.15, 0.2) is 5.78 Å². The average Bonchev–Trinajstić information content (AvgIpc) is 2.32. The zero-order valence-corrected chi connectivity index (χ0v) is 9.51. The molecule has 0 aromatic heterocycles. The van der Waals surface area contributed by atoms with E-state index in [2.05, 4.69) is 5.32 Å². The zero-order valence-electron chi connectivity index (χ0n) is 9.51. The smallest absolute Gasteiger partial charge is 0.178 e. The van der Waals surface area contributed by atoms with Gasteiger partial charge in [0.2, 0.25) is 0 Å². The maximum atomic E-state index is 11.5. The minimum atomic E-state index is 0.000463. The largest absolute Gasteiger partial charge is 0.382 e. The van der Waals surface area contributed by atoms with Gasteiger partial charge >= 0.3 is 0 Å². The second-order valence-electron chi connectivity index (χ2n) is 3.63. The van der Waals surface area contributed by atoms with Crippen molar-refractivity contribution in [2.75, 3.05) is 6.54 Å². The van der Waals surface area contributed by atoms with E-state index in [4.69, 9.17) is 0 Å². The molecule has 1 unspecified atom stereocenters. The van der Waals surface area contributed by atoms with Crippen LogP contribution in [-0.4, -0.2) is 18.6 Å². The van der Waals surface area contributed by atoms with Gasteiger partial charge in [-0.1, -0.05) is 13.8 Å². The molecular formula is C12H19NO2. The van der Waals surface area contributed by atoms with Gasteiger partial charge in [-0.25, -0.2) is 0 Å². The van der Waals surface area contributed by atoms with E-state index < -0.39 is 0 Å². The third-order valence-corrected chi connectivity index (χ3v) is 2.82. The molecule has 1 atom stereocenters. The Kier molecular flexibility index (Phi) is 4.53. The molecule has 1 N–H and O–H groups in total. The normalized spacial score (nSPS) is 24.7. The van der Waals surface area contributed by atoms with E-state index in [1.165, 1.54) is 0 Å². The molecule has 0 amide bonds. The molecule has 0 radical (unpaired) electrons. The van der Waals surface area contributed by atoms with E-state index in [1.807, 2.05) is 13.8 Å².